The highest BCUT2D eigenvalue weighted by atomic mass is 16.5. The maximum atomic E-state index is 12.6. The zero-order chi connectivity index (χ0) is 17.9. The van der Waals surface area contributed by atoms with E-state index in [9.17, 15) is 14.4 Å². The van der Waals surface area contributed by atoms with Crippen molar-refractivity contribution in [2.75, 3.05) is 32.2 Å². The fourth-order valence-electron chi connectivity index (χ4n) is 2.35. The van der Waals surface area contributed by atoms with E-state index in [4.69, 9.17) is 9.47 Å². The Balaban J connectivity index is 2.80. The van der Waals surface area contributed by atoms with Crippen molar-refractivity contribution in [1.29, 1.82) is 0 Å². The second-order valence-corrected chi connectivity index (χ2v) is 5.09. The van der Waals surface area contributed by atoms with E-state index in [-0.39, 0.29) is 28.9 Å². The van der Waals surface area contributed by atoms with Crippen LogP contribution in [0.25, 0.3) is 11.0 Å². The van der Waals surface area contributed by atoms with Gasteiger partial charge in [0.25, 0.3) is 5.56 Å². The van der Waals surface area contributed by atoms with E-state index in [1.54, 1.807) is 14.0 Å². The molecule has 2 aromatic rings. The molecule has 0 aliphatic heterocycles. The molecule has 0 unspecified atom stereocenters. The summed E-state index contributed by atoms with van der Waals surface area (Å²) in [6.45, 7) is 2.62. The zero-order valence-electron chi connectivity index (χ0n) is 14.1. The molecule has 1 N–H and O–H groups in total. The van der Waals surface area contributed by atoms with Crippen LogP contribution in [0.15, 0.2) is 15.8 Å². The lowest BCUT2D eigenvalue weighted by Gasteiger charge is -2.15. The molecule has 0 saturated carbocycles. The van der Waals surface area contributed by atoms with Gasteiger partial charge in [0.1, 0.15) is 10.9 Å². The number of fused-ring (bicyclic) bond motifs is 1. The van der Waals surface area contributed by atoms with Crippen molar-refractivity contribution in [3.8, 4) is 0 Å². The minimum atomic E-state index is -0.595. The van der Waals surface area contributed by atoms with E-state index in [2.05, 4.69) is 10.3 Å². The number of rotatable bonds is 6. The van der Waals surface area contributed by atoms with Crippen LogP contribution in [0.3, 0.4) is 0 Å². The van der Waals surface area contributed by atoms with Crippen LogP contribution in [-0.2, 0) is 23.6 Å². The lowest BCUT2D eigenvalue weighted by molar-refractivity contribution is 0.0527. The summed E-state index contributed by atoms with van der Waals surface area (Å²) in [7, 11) is 4.43. The smallest absolute Gasteiger partial charge is 0.341 e. The highest BCUT2D eigenvalue weighted by molar-refractivity contribution is 6.03. The van der Waals surface area contributed by atoms with Crippen molar-refractivity contribution in [2.45, 2.75) is 6.92 Å². The lowest BCUT2D eigenvalue weighted by Crippen LogP contribution is -2.38. The van der Waals surface area contributed by atoms with Crippen LogP contribution in [-0.4, -0.2) is 47.0 Å². The van der Waals surface area contributed by atoms with Gasteiger partial charge in [-0.05, 0) is 6.92 Å². The summed E-state index contributed by atoms with van der Waals surface area (Å²) in [5.41, 5.74) is -0.419. The Morgan fingerprint density at radius 1 is 1.29 bits per heavy atom. The van der Waals surface area contributed by atoms with Crippen LogP contribution in [0.1, 0.15) is 17.3 Å². The fourth-order valence-corrected chi connectivity index (χ4v) is 2.35. The van der Waals surface area contributed by atoms with Crippen LogP contribution >= 0.6 is 0 Å². The predicted octanol–water partition coefficient (Wildman–Crippen LogP) is -0.133. The number of nitrogens with zero attached hydrogens (tertiary/aromatic N) is 3. The topological polar surface area (TPSA) is 104 Å². The summed E-state index contributed by atoms with van der Waals surface area (Å²) in [6, 6.07) is 0. The molecule has 0 amide bonds. The van der Waals surface area contributed by atoms with Crippen LogP contribution in [0.5, 0.6) is 0 Å². The molecule has 0 fully saturated rings. The average molecular weight is 336 g/mol. The maximum absolute atomic E-state index is 12.6. The molecule has 2 aromatic heterocycles. The van der Waals surface area contributed by atoms with Gasteiger partial charge < -0.3 is 14.8 Å². The number of esters is 1. The molecule has 0 aromatic carbocycles. The first-order valence-electron chi connectivity index (χ1n) is 7.42. The maximum Gasteiger partial charge on any atom is 0.341 e. The first-order valence-corrected chi connectivity index (χ1v) is 7.42. The molecular weight excluding hydrogens is 316 g/mol. The molecular formula is C15H20N4O5. The van der Waals surface area contributed by atoms with Crippen molar-refractivity contribution in [3.05, 3.63) is 32.6 Å². The molecule has 9 nitrogen and oxygen atoms in total. The van der Waals surface area contributed by atoms with Gasteiger partial charge in [0.2, 0.25) is 0 Å². The number of aromatic nitrogens is 3. The summed E-state index contributed by atoms with van der Waals surface area (Å²) in [4.78, 5) is 40.9. The second-order valence-electron chi connectivity index (χ2n) is 5.09. The molecule has 0 spiro atoms. The van der Waals surface area contributed by atoms with Gasteiger partial charge in [0, 0.05) is 33.9 Å². The molecule has 0 saturated heterocycles. The average Bonchev–Trinajstić information content (AvgIpc) is 2.57. The van der Waals surface area contributed by atoms with E-state index in [1.165, 1.54) is 24.9 Å². The normalized spacial score (nSPS) is 10.8. The summed E-state index contributed by atoms with van der Waals surface area (Å²) in [5.74, 6) is -0.595. The Morgan fingerprint density at radius 3 is 2.62 bits per heavy atom. The highest BCUT2D eigenvalue weighted by Gasteiger charge is 2.21. The standard InChI is InChI=1S/C15H20N4O5/c1-5-24-14(21)9-8-17-12-10(11(9)16-6-7-23-4)13(20)19(3)15(22)18(12)2/h8H,5-7H2,1-4H3,(H,16,17). The van der Waals surface area contributed by atoms with Gasteiger partial charge in [0.15, 0.2) is 5.65 Å². The number of anilines is 1. The monoisotopic (exact) mass is 336 g/mol. The number of aryl methyl sites for hydroxylation is 1. The third-order valence-electron chi connectivity index (χ3n) is 3.57. The number of ether oxygens (including phenoxy) is 2. The van der Waals surface area contributed by atoms with Gasteiger partial charge >= 0.3 is 11.7 Å². The predicted molar refractivity (Wildman–Crippen MR) is 88.5 cm³/mol. The number of methoxy groups -OCH3 is 1. The van der Waals surface area contributed by atoms with Gasteiger partial charge in [-0.2, -0.15) is 0 Å². The van der Waals surface area contributed by atoms with Crippen molar-refractivity contribution in [2.24, 2.45) is 14.1 Å². The van der Waals surface area contributed by atoms with Gasteiger partial charge in [-0.1, -0.05) is 0 Å². The minimum Gasteiger partial charge on any atom is -0.462 e. The van der Waals surface area contributed by atoms with E-state index in [1.807, 2.05) is 0 Å². The fraction of sp³-hybridized carbons (Fsp3) is 0.467. The Hall–Kier alpha value is -2.68. The zero-order valence-corrected chi connectivity index (χ0v) is 14.1. The Labute approximate surface area is 137 Å². The van der Waals surface area contributed by atoms with Gasteiger partial charge in [-0.15, -0.1) is 0 Å². The van der Waals surface area contributed by atoms with Gasteiger partial charge in [0.05, 0.1) is 18.9 Å². The van der Waals surface area contributed by atoms with E-state index >= 15 is 0 Å². The molecule has 130 valence electrons. The summed E-state index contributed by atoms with van der Waals surface area (Å²) in [5, 5.41) is 3.17. The number of hydrogen-bond acceptors (Lipinski definition) is 7. The number of pyridine rings is 1. The number of hydrogen-bond donors (Lipinski definition) is 1. The van der Waals surface area contributed by atoms with Crippen LogP contribution < -0.4 is 16.6 Å². The highest BCUT2D eigenvalue weighted by Crippen LogP contribution is 2.23. The third kappa shape index (κ3) is 3.02. The molecule has 0 radical (unpaired) electrons. The summed E-state index contributed by atoms with van der Waals surface area (Å²) >= 11 is 0. The molecule has 2 rings (SSSR count). The van der Waals surface area contributed by atoms with E-state index in [0.29, 0.717) is 13.2 Å². The number of nitrogens with one attached hydrogen (secondary N) is 1. The van der Waals surface area contributed by atoms with Crippen molar-refractivity contribution in [3.63, 3.8) is 0 Å². The molecule has 2 heterocycles. The SMILES string of the molecule is CCOC(=O)c1cnc2c(c1NCCOC)c(=O)n(C)c(=O)n2C. The summed E-state index contributed by atoms with van der Waals surface area (Å²) in [6.07, 6.45) is 1.30. The Morgan fingerprint density at radius 2 is 2.00 bits per heavy atom. The molecule has 0 atom stereocenters. The lowest BCUT2D eigenvalue weighted by atomic mass is 10.1. The number of carbonyl (C=O) groups excluding carboxylic acids is 1. The first kappa shape index (κ1) is 17.7. The van der Waals surface area contributed by atoms with Crippen molar-refractivity contribution < 1.29 is 14.3 Å². The second kappa shape index (κ2) is 7.26. The van der Waals surface area contributed by atoms with Gasteiger partial charge in [-0.25, -0.2) is 14.6 Å². The van der Waals surface area contributed by atoms with Crippen molar-refractivity contribution in [1.82, 2.24) is 14.1 Å². The molecule has 0 bridgehead atoms. The van der Waals surface area contributed by atoms with Gasteiger partial charge in [-0.3, -0.25) is 13.9 Å². The van der Waals surface area contributed by atoms with Crippen LogP contribution in [0.2, 0.25) is 0 Å². The van der Waals surface area contributed by atoms with Crippen molar-refractivity contribution >= 4 is 22.7 Å². The largest absolute Gasteiger partial charge is 0.462 e. The first-order chi connectivity index (χ1) is 11.4. The summed E-state index contributed by atoms with van der Waals surface area (Å²) < 4.78 is 12.2. The molecule has 24 heavy (non-hydrogen) atoms. The Kier molecular flexibility index (Phi) is 5.35. The molecule has 0 aliphatic carbocycles. The quantitative estimate of drug-likeness (QED) is 0.578. The van der Waals surface area contributed by atoms with Crippen LogP contribution in [0, 0.1) is 0 Å². The number of carbonyl (C=O) groups is 1. The van der Waals surface area contributed by atoms with E-state index in [0.717, 1.165) is 4.57 Å². The molecule has 9 heteroatoms. The van der Waals surface area contributed by atoms with Crippen LogP contribution in [0.4, 0.5) is 5.69 Å². The third-order valence-corrected chi connectivity index (χ3v) is 3.57. The Bertz CT molecular complexity index is 884. The minimum absolute atomic E-state index is 0.135. The van der Waals surface area contributed by atoms with E-state index < -0.39 is 17.2 Å². The molecule has 0 aliphatic rings.